The number of hydrogen-bond acceptors (Lipinski definition) is 3. The highest BCUT2D eigenvalue weighted by atomic mass is 32.2. The highest BCUT2D eigenvalue weighted by Gasteiger charge is 2.27. The molecule has 0 spiro atoms. The maximum Gasteiger partial charge on any atom is 0.0174 e. The molecule has 1 rings (SSSR count). The second-order valence-electron chi connectivity index (χ2n) is 5.68. The number of hydrogen-bond donors (Lipinski definition) is 1. The summed E-state index contributed by atoms with van der Waals surface area (Å²) in [6.07, 6.45) is 3.40. The molecule has 0 saturated heterocycles. The maximum atomic E-state index is 6.06. The molecule has 3 heteroatoms. The van der Waals surface area contributed by atoms with Gasteiger partial charge < -0.3 is 10.6 Å². The van der Waals surface area contributed by atoms with Crippen molar-refractivity contribution in [1.29, 1.82) is 0 Å². The molecule has 0 amide bonds. The Morgan fingerprint density at radius 2 is 1.95 bits per heavy atom. The molecule has 0 saturated carbocycles. The molecule has 0 aliphatic heterocycles. The van der Waals surface area contributed by atoms with Crippen LogP contribution in [0.25, 0.3) is 0 Å². The second kappa shape index (κ2) is 7.93. The van der Waals surface area contributed by atoms with Crippen LogP contribution in [-0.2, 0) is 5.41 Å². The zero-order valence-corrected chi connectivity index (χ0v) is 13.5. The van der Waals surface area contributed by atoms with E-state index in [4.69, 9.17) is 5.73 Å². The first-order valence-corrected chi connectivity index (χ1v) is 8.37. The van der Waals surface area contributed by atoms with Crippen LogP contribution in [0.3, 0.4) is 0 Å². The van der Waals surface area contributed by atoms with Gasteiger partial charge in [-0.05, 0) is 38.0 Å². The van der Waals surface area contributed by atoms with Crippen LogP contribution in [0.1, 0.15) is 25.8 Å². The van der Waals surface area contributed by atoms with Crippen molar-refractivity contribution < 1.29 is 0 Å². The van der Waals surface area contributed by atoms with E-state index in [1.807, 2.05) is 11.8 Å². The highest BCUT2D eigenvalue weighted by Crippen LogP contribution is 2.24. The highest BCUT2D eigenvalue weighted by molar-refractivity contribution is 7.98. The Hall–Kier alpha value is -0.510. The summed E-state index contributed by atoms with van der Waals surface area (Å²) in [7, 11) is 2.21. The summed E-state index contributed by atoms with van der Waals surface area (Å²) in [5.41, 5.74) is 7.42. The Morgan fingerprint density at radius 3 is 2.47 bits per heavy atom. The van der Waals surface area contributed by atoms with Crippen molar-refractivity contribution in [2.75, 3.05) is 32.1 Å². The van der Waals surface area contributed by atoms with E-state index in [0.29, 0.717) is 12.6 Å². The first-order valence-electron chi connectivity index (χ1n) is 6.98. The van der Waals surface area contributed by atoms with Crippen LogP contribution < -0.4 is 5.73 Å². The molecule has 0 radical (unpaired) electrons. The van der Waals surface area contributed by atoms with E-state index in [0.717, 1.165) is 6.54 Å². The predicted molar refractivity (Wildman–Crippen MR) is 87.9 cm³/mol. The summed E-state index contributed by atoms with van der Waals surface area (Å²) >= 11 is 1.92. The van der Waals surface area contributed by atoms with Crippen LogP contribution in [-0.4, -0.2) is 43.1 Å². The van der Waals surface area contributed by atoms with Gasteiger partial charge in [0, 0.05) is 24.5 Å². The van der Waals surface area contributed by atoms with Crippen LogP contribution in [0, 0.1) is 0 Å². The molecule has 0 heterocycles. The summed E-state index contributed by atoms with van der Waals surface area (Å²) in [6.45, 7) is 6.25. The van der Waals surface area contributed by atoms with Crippen LogP contribution in [0.15, 0.2) is 30.3 Å². The van der Waals surface area contributed by atoms with Crippen molar-refractivity contribution in [2.24, 2.45) is 5.73 Å². The van der Waals surface area contributed by atoms with Crippen molar-refractivity contribution in [3.05, 3.63) is 35.9 Å². The minimum Gasteiger partial charge on any atom is -0.330 e. The quantitative estimate of drug-likeness (QED) is 0.794. The normalized spacial score (nSPS) is 16.3. The van der Waals surface area contributed by atoms with Crippen LogP contribution in [0.2, 0.25) is 0 Å². The number of likely N-dealkylation sites (N-methyl/N-ethyl adjacent to an activating group) is 1. The molecule has 1 aromatic carbocycles. The average molecular weight is 280 g/mol. The van der Waals surface area contributed by atoms with Crippen molar-refractivity contribution in [2.45, 2.75) is 31.7 Å². The van der Waals surface area contributed by atoms with E-state index < -0.39 is 0 Å². The van der Waals surface area contributed by atoms with Crippen molar-refractivity contribution in [3.63, 3.8) is 0 Å². The summed E-state index contributed by atoms with van der Waals surface area (Å²) in [5, 5.41) is 0. The lowest BCUT2D eigenvalue weighted by atomic mass is 9.82. The van der Waals surface area contributed by atoms with E-state index >= 15 is 0 Å². The first-order chi connectivity index (χ1) is 9.03. The van der Waals surface area contributed by atoms with Gasteiger partial charge in [-0.2, -0.15) is 11.8 Å². The van der Waals surface area contributed by atoms with Gasteiger partial charge in [0.1, 0.15) is 0 Å². The molecule has 2 N–H and O–H groups in total. The van der Waals surface area contributed by atoms with Gasteiger partial charge in [0.05, 0.1) is 0 Å². The van der Waals surface area contributed by atoms with Gasteiger partial charge in [0.25, 0.3) is 0 Å². The third kappa shape index (κ3) is 4.83. The summed E-state index contributed by atoms with van der Waals surface area (Å²) in [5.74, 6) is 1.22. The minimum absolute atomic E-state index is 0.0314. The molecular formula is C16H28N2S. The van der Waals surface area contributed by atoms with Gasteiger partial charge in [-0.1, -0.05) is 37.3 Å². The Labute approximate surface area is 122 Å². The Balaban J connectivity index is 2.70. The Bertz CT molecular complexity index is 355. The van der Waals surface area contributed by atoms with Crippen molar-refractivity contribution in [3.8, 4) is 0 Å². The largest absolute Gasteiger partial charge is 0.330 e. The fourth-order valence-corrected chi connectivity index (χ4v) is 2.91. The fourth-order valence-electron chi connectivity index (χ4n) is 2.33. The zero-order valence-electron chi connectivity index (χ0n) is 12.7. The summed E-state index contributed by atoms with van der Waals surface area (Å²) < 4.78 is 0. The Kier molecular flexibility index (Phi) is 6.90. The molecule has 2 unspecified atom stereocenters. The summed E-state index contributed by atoms with van der Waals surface area (Å²) in [6, 6.07) is 11.2. The van der Waals surface area contributed by atoms with Gasteiger partial charge in [0.15, 0.2) is 0 Å². The number of benzene rings is 1. The van der Waals surface area contributed by atoms with Crippen LogP contribution >= 0.6 is 11.8 Å². The van der Waals surface area contributed by atoms with Gasteiger partial charge in [-0.15, -0.1) is 0 Å². The van der Waals surface area contributed by atoms with Crippen molar-refractivity contribution in [1.82, 2.24) is 4.90 Å². The molecule has 1 aromatic rings. The molecule has 2 nitrogen and oxygen atoms in total. The van der Waals surface area contributed by atoms with Crippen LogP contribution in [0.4, 0.5) is 0 Å². The van der Waals surface area contributed by atoms with Gasteiger partial charge in [-0.3, -0.25) is 0 Å². The zero-order chi connectivity index (χ0) is 14.3. The Morgan fingerprint density at radius 1 is 1.32 bits per heavy atom. The third-order valence-corrected chi connectivity index (χ3v) is 4.66. The van der Waals surface area contributed by atoms with E-state index in [1.54, 1.807) is 0 Å². The first kappa shape index (κ1) is 16.5. The smallest absolute Gasteiger partial charge is 0.0174 e. The van der Waals surface area contributed by atoms with Gasteiger partial charge in [-0.25, -0.2) is 0 Å². The molecule has 0 aromatic heterocycles. The lowest BCUT2D eigenvalue weighted by Crippen LogP contribution is -2.45. The molecular weight excluding hydrogens is 252 g/mol. The molecule has 0 bridgehead atoms. The number of nitrogens with two attached hydrogens (primary N) is 1. The monoisotopic (exact) mass is 280 g/mol. The topological polar surface area (TPSA) is 29.3 Å². The average Bonchev–Trinajstić information content (AvgIpc) is 2.45. The summed E-state index contributed by atoms with van der Waals surface area (Å²) in [4.78, 5) is 2.44. The molecule has 2 atom stereocenters. The van der Waals surface area contributed by atoms with Gasteiger partial charge in [0.2, 0.25) is 0 Å². The lowest BCUT2D eigenvalue weighted by molar-refractivity contribution is 0.202. The van der Waals surface area contributed by atoms with Crippen molar-refractivity contribution >= 4 is 11.8 Å². The number of rotatable bonds is 8. The number of thioether (sulfide) groups is 1. The van der Waals surface area contributed by atoms with E-state index in [-0.39, 0.29) is 5.41 Å². The SMILES string of the molecule is CSCCC(C)N(C)CC(C)(CN)c1ccccc1. The third-order valence-electron chi connectivity index (χ3n) is 4.01. The minimum atomic E-state index is 0.0314. The van der Waals surface area contributed by atoms with Gasteiger partial charge >= 0.3 is 0 Å². The molecule has 0 aliphatic rings. The van der Waals surface area contributed by atoms with E-state index in [2.05, 4.69) is 62.4 Å². The standard InChI is InChI=1S/C16H28N2S/c1-14(10-11-19-4)18(3)13-16(2,12-17)15-8-6-5-7-9-15/h5-9,14H,10-13,17H2,1-4H3. The predicted octanol–water partition coefficient (Wildman–Crippen LogP) is 2.98. The number of nitrogens with zero attached hydrogens (tertiary/aromatic N) is 1. The molecule has 19 heavy (non-hydrogen) atoms. The van der Waals surface area contributed by atoms with E-state index in [9.17, 15) is 0 Å². The second-order valence-corrected chi connectivity index (χ2v) is 6.66. The molecule has 108 valence electrons. The lowest BCUT2D eigenvalue weighted by Gasteiger charge is -2.36. The maximum absolute atomic E-state index is 6.06. The van der Waals surface area contributed by atoms with E-state index in [1.165, 1.54) is 17.7 Å². The molecule has 0 fully saturated rings. The fraction of sp³-hybridized carbons (Fsp3) is 0.625. The van der Waals surface area contributed by atoms with Crippen LogP contribution in [0.5, 0.6) is 0 Å². The molecule has 0 aliphatic carbocycles.